The average molecular weight is 413 g/mol. The van der Waals surface area contributed by atoms with E-state index in [1.165, 1.54) is 10.4 Å². The Morgan fingerprint density at radius 1 is 1.17 bits per heavy atom. The summed E-state index contributed by atoms with van der Waals surface area (Å²) in [6.45, 7) is 6.98. The zero-order valence-electron chi connectivity index (χ0n) is 17.0. The first-order valence-electron chi connectivity index (χ1n) is 10.0. The molecule has 0 spiro atoms. The van der Waals surface area contributed by atoms with Crippen LogP contribution in [-0.4, -0.2) is 50.8 Å². The maximum absolute atomic E-state index is 6.01. The van der Waals surface area contributed by atoms with E-state index in [0.717, 1.165) is 55.5 Å². The molecule has 29 heavy (non-hydrogen) atoms. The number of benzene rings is 1. The van der Waals surface area contributed by atoms with Crippen LogP contribution in [0.3, 0.4) is 0 Å². The molecule has 7 heteroatoms. The molecule has 3 heterocycles. The molecular formula is C22H28N4O2S. The Balaban J connectivity index is 1.39. The van der Waals surface area contributed by atoms with Crippen molar-refractivity contribution in [3.05, 3.63) is 58.0 Å². The molecule has 1 fully saturated rings. The second kappa shape index (κ2) is 9.43. The van der Waals surface area contributed by atoms with Gasteiger partial charge in [0, 0.05) is 42.5 Å². The molecule has 1 saturated heterocycles. The normalized spacial score (nSPS) is 16.8. The van der Waals surface area contributed by atoms with Gasteiger partial charge in [0.25, 0.3) is 0 Å². The number of para-hydroxylation sites is 1. The standard InChI is InChI=1S/C22H28N4O2S/c1-16-17-6-3-4-7-19(17)28-20(16)15-25-22(23-2)24-14-18(21-8-5-13-29-21)26-9-11-27-12-10-26/h3-8,13,18H,9-12,14-15H2,1-2H3,(H2,23,24,25). The number of aliphatic imine (C=N–C) groups is 1. The van der Waals surface area contributed by atoms with Crippen molar-refractivity contribution in [1.29, 1.82) is 0 Å². The molecule has 2 aromatic heterocycles. The van der Waals surface area contributed by atoms with Gasteiger partial charge in [-0.05, 0) is 24.4 Å². The van der Waals surface area contributed by atoms with Gasteiger partial charge in [0.05, 0.1) is 25.8 Å². The molecule has 1 atom stereocenters. The number of hydrogen-bond acceptors (Lipinski definition) is 5. The van der Waals surface area contributed by atoms with E-state index in [9.17, 15) is 0 Å². The van der Waals surface area contributed by atoms with Crippen LogP contribution in [0.25, 0.3) is 11.0 Å². The van der Waals surface area contributed by atoms with Crippen LogP contribution in [0.1, 0.15) is 22.2 Å². The van der Waals surface area contributed by atoms with Gasteiger partial charge in [-0.2, -0.15) is 0 Å². The van der Waals surface area contributed by atoms with Crippen molar-refractivity contribution >= 4 is 28.3 Å². The Hall–Kier alpha value is -2.35. The summed E-state index contributed by atoms with van der Waals surface area (Å²) in [6.07, 6.45) is 0. The third-order valence-corrected chi connectivity index (χ3v) is 6.38. The average Bonchev–Trinajstić information content (AvgIpc) is 3.40. The maximum atomic E-state index is 6.01. The molecule has 1 unspecified atom stereocenters. The van der Waals surface area contributed by atoms with E-state index in [4.69, 9.17) is 9.15 Å². The zero-order chi connectivity index (χ0) is 20.1. The van der Waals surface area contributed by atoms with Crippen LogP contribution in [0.5, 0.6) is 0 Å². The SMILES string of the molecule is CN=C(NCc1oc2ccccc2c1C)NCC(c1cccs1)N1CCOCC1. The molecule has 0 bridgehead atoms. The number of ether oxygens (including phenoxy) is 1. The van der Waals surface area contributed by atoms with E-state index in [2.05, 4.69) is 51.0 Å². The molecule has 1 aliphatic rings. The van der Waals surface area contributed by atoms with Crippen molar-refractivity contribution in [2.45, 2.75) is 19.5 Å². The lowest BCUT2D eigenvalue weighted by Crippen LogP contribution is -2.46. The Bertz CT molecular complexity index is 945. The van der Waals surface area contributed by atoms with Gasteiger partial charge in [0.15, 0.2) is 5.96 Å². The first-order valence-corrected chi connectivity index (χ1v) is 10.9. The van der Waals surface area contributed by atoms with Gasteiger partial charge in [0.1, 0.15) is 11.3 Å². The van der Waals surface area contributed by atoms with E-state index in [1.54, 1.807) is 18.4 Å². The van der Waals surface area contributed by atoms with Crippen molar-refractivity contribution in [3.63, 3.8) is 0 Å². The smallest absolute Gasteiger partial charge is 0.191 e. The minimum atomic E-state index is 0.311. The van der Waals surface area contributed by atoms with Crippen LogP contribution in [0.2, 0.25) is 0 Å². The van der Waals surface area contributed by atoms with Gasteiger partial charge >= 0.3 is 0 Å². The van der Waals surface area contributed by atoms with E-state index >= 15 is 0 Å². The summed E-state index contributed by atoms with van der Waals surface area (Å²) in [5.74, 6) is 1.72. The Kier molecular flexibility index (Phi) is 6.49. The highest BCUT2D eigenvalue weighted by Gasteiger charge is 2.23. The first-order chi connectivity index (χ1) is 14.3. The van der Waals surface area contributed by atoms with E-state index in [-0.39, 0.29) is 0 Å². The van der Waals surface area contributed by atoms with E-state index < -0.39 is 0 Å². The molecule has 2 N–H and O–H groups in total. The highest BCUT2D eigenvalue weighted by molar-refractivity contribution is 7.10. The van der Waals surface area contributed by atoms with Gasteiger partial charge in [-0.15, -0.1) is 11.3 Å². The first kappa shape index (κ1) is 19.9. The molecule has 1 aromatic carbocycles. The molecule has 0 aliphatic carbocycles. The van der Waals surface area contributed by atoms with E-state index in [0.29, 0.717) is 12.6 Å². The van der Waals surface area contributed by atoms with Crippen LogP contribution < -0.4 is 10.6 Å². The van der Waals surface area contributed by atoms with Crippen LogP contribution in [-0.2, 0) is 11.3 Å². The number of fused-ring (bicyclic) bond motifs is 1. The van der Waals surface area contributed by atoms with Crippen molar-refractivity contribution in [1.82, 2.24) is 15.5 Å². The Morgan fingerprint density at radius 3 is 2.72 bits per heavy atom. The minimum Gasteiger partial charge on any atom is -0.459 e. The zero-order valence-corrected chi connectivity index (χ0v) is 17.8. The van der Waals surface area contributed by atoms with Crippen molar-refractivity contribution < 1.29 is 9.15 Å². The Morgan fingerprint density at radius 2 is 2.00 bits per heavy atom. The lowest BCUT2D eigenvalue weighted by molar-refractivity contribution is 0.0177. The summed E-state index contributed by atoms with van der Waals surface area (Å²) in [6, 6.07) is 12.8. The van der Waals surface area contributed by atoms with Gasteiger partial charge in [-0.3, -0.25) is 9.89 Å². The number of guanidine groups is 1. The maximum Gasteiger partial charge on any atom is 0.191 e. The van der Waals surface area contributed by atoms with Crippen molar-refractivity contribution in [2.75, 3.05) is 39.9 Å². The van der Waals surface area contributed by atoms with Crippen LogP contribution in [0.4, 0.5) is 0 Å². The number of nitrogens with one attached hydrogen (secondary N) is 2. The molecule has 0 amide bonds. The lowest BCUT2D eigenvalue weighted by atomic mass is 10.1. The number of nitrogens with zero attached hydrogens (tertiary/aromatic N) is 2. The number of rotatable bonds is 6. The predicted octanol–water partition coefficient (Wildman–Crippen LogP) is 3.54. The summed E-state index contributed by atoms with van der Waals surface area (Å²) in [5.41, 5.74) is 2.10. The minimum absolute atomic E-state index is 0.311. The summed E-state index contributed by atoms with van der Waals surface area (Å²) >= 11 is 1.80. The summed E-state index contributed by atoms with van der Waals surface area (Å²) in [5, 5.41) is 10.2. The number of thiophene rings is 1. The van der Waals surface area contributed by atoms with Crippen LogP contribution in [0, 0.1) is 6.92 Å². The number of aryl methyl sites for hydroxylation is 1. The molecule has 0 radical (unpaired) electrons. The second-order valence-electron chi connectivity index (χ2n) is 7.13. The van der Waals surface area contributed by atoms with Gasteiger partial charge in [-0.25, -0.2) is 0 Å². The van der Waals surface area contributed by atoms with Crippen LogP contribution in [0.15, 0.2) is 51.2 Å². The molecule has 4 rings (SSSR count). The topological polar surface area (TPSA) is 62.0 Å². The molecular weight excluding hydrogens is 384 g/mol. The van der Waals surface area contributed by atoms with E-state index in [1.807, 2.05) is 18.2 Å². The quantitative estimate of drug-likeness (QED) is 0.479. The fourth-order valence-corrected chi connectivity index (χ4v) is 4.61. The Labute approximate surface area is 175 Å². The number of morpholine rings is 1. The number of furan rings is 1. The van der Waals surface area contributed by atoms with Gasteiger partial charge < -0.3 is 19.8 Å². The highest BCUT2D eigenvalue weighted by atomic mass is 32.1. The second-order valence-corrected chi connectivity index (χ2v) is 8.11. The molecule has 1 aliphatic heterocycles. The monoisotopic (exact) mass is 412 g/mol. The highest BCUT2D eigenvalue weighted by Crippen LogP contribution is 2.26. The summed E-state index contributed by atoms with van der Waals surface area (Å²) < 4.78 is 11.5. The number of hydrogen-bond donors (Lipinski definition) is 2. The molecule has 154 valence electrons. The summed E-state index contributed by atoms with van der Waals surface area (Å²) in [7, 11) is 1.80. The largest absolute Gasteiger partial charge is 0.459 e. The van der Waals surface area contributed by atoms with Crippen molar-refractivity contribution in [2.24, 2.45) is 4.99 Å². The lowest BCUT2D eigenvalue weighted by Gasteiger charge is -2.34. The third-order valence-electron chi connectivity index (χ3n) is 5.40. The summed E-state index contributed by atoms with van der Waals surface area (Å²) in [4.78, 5) is 8.25. The van der Waals surface area contributed by atoms with Gasteiger partial charge in [-0.1, -0.05) is 24.3 Å². The fraction of sp³-hybridized carbons (Fsp3) is 0.409. The van der Waals surface area contributed by atoms with Crippen LogP contribution >= 0.6 is 11.3 Å². The fourth-order valence-electron chi connectivity index (χ4n) is 3.75. The molecule has 0 saturated carbocycles. The molecule has 6 nitrogen and oxygen atoms in total. The molecule has 3 aromatic rings. The van der Waals surface area contributed by atoms with Gasteiger partial charge in [0.2, 0.25) is 0 Å². The van der Waals surface area contributed by atoms with Crippen molar-refractivity contribution in [3.8, 4) is 0 Å². The third kappa shape index (κ3) is 4.63. The predicted molar refractivity (Wildman–Crippen MR) is 119 cm³/mol.